The number of aliphatic carboxylic acids is 1. The molecule has 1 heterocycles. The molecule has 1 unspecified atom stereocenters. The molecule has 0 fully saturated rings. The molecule has 0 bridgehead atoms. The van der Waals surface area contributed by atoms with Crippen molar-refractivity contribution in [2.24, 2.45) is 0 Å². The molecule has 0 radical (unpaired) electrons. The van der Waals surface area contributed by atoms with Gasteiger partial charge in [-0.15, -0.1) is 11.3 Å². The predicted molar refractivity (Wildman–Crippen MR) is 75.9 cm³/mol. The fraction of sp³-hybridized carbons (Fsp3) is 0.417. The molecule has 3 amide bonds. The lowest BCUT2D eigenvalue weighted by molar-refractivity contribution is -0.137. The minimum atomic E-state index is -0.967. The second-order valence-corrected chi connectivity index (χ2v) is 5.88. The van der Waals surface area contributed by atoms with Gasteiger partial charge in [-0.05, 0) is 25.5 Å². The quantitative estimate of drug-likeness (QED) is 0.751. The molecular formula is C12H15ClN2O4S. The molecule has 0 aliphatic carbocycles. The number of hydrogen-bond donors (Lipinski definition) is 3. The Morgan fingerprint density at radius 1 is 1.35 bits per heavy atom. The normalized spacial score (nSPS) is 11.7. The first kappa shape index (κ1) is 16.5. The summed E-state index contributed by atoms with van der Waals surface area (Å²) in [6.45, 7) is 1.77. The zero-order valence-corrected chi connectivity index (χ0v) is 12.4. The van der Waals surface area contributed by atoms with Crippen LogP contribution in [-0.2, 0) is 9.59 Å². The number of nitrogens with one attached hydrogen (secondary N) is 2. The fourth-order valence-corrected chi connectivity index (χ4v) is 2.52. The van der Waals surface area contributed by atoms with Crippen molar-refractivity contribution >= 4 is 40.8 Å². The van der Waals surface area contributed by atoms with Crippen LogP contribution < -0.4 is 10.6 Å². The number of amides is 3. The molecule has 6 nitrogen and oxygen atoms in total. The zero-order chi connectivity index (χ0) is 15.1. The number of urea groups is 1. The summed E-state index contributed by atoms with van der Waals surface area (Å²) in [5.41, 5.74) is 0. The van der Waals surface area contributed by atoms with Gasteiger partial charge in [0.2, 0.25) is 5.91 Å². The lowest BCUT2D eigenvalue weighted by atomic mass is 10.2. The third kappa shape index (κ3) is 6.03. The van der Waals surface area contributed by atoms with Crippen molar-refractivity contribution in [2.75, 3.05) is 0 Å². The highest BCUT2D eigenvalue weighted by Crippen LogP contribution is 2.26. The van der Waals surface area contributed by atoms with Gasteiger partial charge in [-0.2, -0.15) is 0 Å². The molecular weight excluding hydrogens is 304 g/mol. The average Bonchev–Trinajstić information content (AvgIpc) is 2.75. The SMILES string of the molecule is CC(NC(=O)NC(=O)CCCC(=O)O)c1ccc(Cl)s1. The van der Waals surface area contributed by atoms with Gasteiger partial charge in [-0.3, -0.25) is 14.9 Å². The summed E-state index contributed by atoms with van der Waals surface area (Å²) < 4.78 is 0.624. The molecule has 110 valence electrons. The molecule has 0 saturated heterocycles. The van der Waals surface area contributed by atoms with Crippen LogP contribution in [0.1, 0.15) is 37.1 Å². The molecule has 20 heavy (non-hydrogen) atoms. The monoisotopic (exact) mass is 318 g/mol. The molecule has 8 heteroatoms. The fourth-order valence-electron chi connectivity index (χ4n) is 1.45. The lowest BCUT2D eigenvalue weighted by Crippen LogP contribution is -2.40. The summed E-state index contributed by atoms with van der Waals surface area (Å²) in [5, 5.41) is 13.2. The van der Waals surface area contributed by atoms with Crippen LogP contribution in [0.3, 0.4) is 0 Å². The molecule has 1 rings (SSSR count). The van der Waals surface area contributed by atoms with Crippen molar-refractivity contribution in [1.29, 1.82) is 0 Å². The molecule has 0 saturated carbocycles. The van der Waals surface area contributed by atoms with Crippen LogP contribution in [0.5, 0.6) is 0 Å². The van der Waals surface area contributed by atoms with Crippen LogP contribution in [0.15, 0.2) is 12.1 Å². The molecule has 1 aromatic rings. The maximum absolute atomic E-state index is 11.6. The molecule has 0 aliphatic heterocycles. The Morgan fingerprint density at radius 3 is 2.60 bits per heavy atom. The largest absolute Gasteiger partial charge is 0.481 e. The summed E-state index contributed by atoms with van der Waals surface area (Å²) >= 11 is 7.14. The molecule has 3 N–H and O–H groups in total. The number of carboxylic acid groups (broad SMARTS) is 1. The first-order valence-electron chi connectivity index (χ1n) is 5.96. The summed E-state index contributed by atoms with van der Waals surface area (Å²) in [5.74, 6) is -1.47. The minimum Gasteiger partial charge on any atom is -0.481 e. The molecule has 0 aromatic carbocycles. The van der Waals surface area contributed by atoms with Gasteiger partial charge in [0.1, 0.15) is 0 Å². The Hall–Kier alpha value is -1.60. The molecule has 0 aliphatic rings. The first-order chi connectivity index (χ1) is 9.38. The number of hydrogen-bond acceptors (Lipinski definition) is 4. The second-order valence-electron chi connectivity index (χ2n) is 4.13. The van der Waals surface area contributed by atoms with E-state index in [4.69, 9.17) is 16.7 Å². The molecule has 1 atom stereocenters. The van der Waals surface area contributed by atoms with Crippen LogP contribution in [0.4, 0.5) is 4.79 Å². The van der Waals surface area contributed by atoms with Gasteiger partial charge in [-0.1, -0.05) is 11.6 Å². The van der Waals surface area contributed by atoms with Gasteiger partial charge in [0.15, 0.2) is 0 Å². The molecule has 0 spiro atoms. The van der Waals surface area contributed by atoms with Crippen molar-refractivity contribution in [1.82, 2.24) is 10.6 Å². The number of carbonyl (C=O) groups excluding carboxylic acids is 2. The third-order valence-corrected chi connectivity index (χ3v) is 3.83. The van der Waals surface area contributed by atoms with E-state index in [0.717, 1.165) is 4.88 Å². The van der Waals surface area contributed by atoms with Crippen molar-refractivity contribution in [2.45, 2.75) is 32.2 Å². The Bertz CT molecular complexity index is 503. The summed E-state index contributed by atoms with van der Waals surface area (Å²) in [7, 11) is 0. The van der Waals surface area contributed by atoms with Crippen molar-refractivity contribution in [3.8, 4) is 0 Å². The maximum Gasteiger partial charge on any atom is 0.321 e. The summed E-state index contributed by atoms with van der Waals surface area (Å²) in [6, 6.07) is 2.66. The highest BCUT2D eigenvalue weighted by Gasteiger charge is 2.13. The zero-order valence-electron chi connectivity index (χ0n) is 10.8. The first-order valence-corrected chi connectivity index (χ1v) is 7.15. The van der Waals surface area contributed by atoms with Crippen LogP contribution in [0.25, 0.3) is 0 Å². The van der Waals surface area contributed by atoms with Crippen LogP contribution in [-0.4, -0.2) is 23.0 Å². The highest BCUT2D eigenvalue weighted by atomic mass is 35.5. The summed E-state index contributed by atoms with van der Waals surface area (Å²) in [6.07, 6.45) is 0.0998. The number of thiophene rings is 1. The van der Waals surface area contributed by atoms with E-state index in [0.29, 0.717) is 4.34 Å². The van der Waals surface area contributed by atoms with Crippen LogP contribution in [0, 0.1) is 0 Å². The van der Waals surface area contributed by atoms with Gasteiger partial charge >= 0.3 is 12.0 Å². The Labute approximate surface area is 125 Å². The number of halogens is 1. The van der Waals surface area contributed by atoms with E-state index in [2.05, 4.69) is 10.6 Å². The van der Waals surface area contributed by atoms with Crippen molar-refractivity contribution in [3.05, 3.63) is 21.3 Å². The minimum absolute atomic E-state index is 0.00106. The van der Waals surface area contributed by atoms with Crippen LogP contribution >= 0.6 is 22.9 Å². The van der Waals surface area contributed by atoms with Gasteiger partial charge < -0.3 is 10.4 Å². The van der Waals surface area contributed by atoms with Crippen molar-refractivity contribution < 1.29 is 19.5 Å². The molecule has 1 aromatic heterocycles. The van der Waals surface area contributed by atoms with Crippen LogP contribution in [0.2, 0.25) is 4.34 Å². The number of carboxylic acids is 1. The maximum atomic E-state index is 11.6. The van der Waals surface area contributed by atoms with E-state index >= 15 is 0 Å². The lowest BCUT2D eigenvalue weighted by Gasteiger charge is -2.12. The van der Waals surface area contributed by atoms with E-state index < -0.39 is 17.9 Å². The second kappa shape index (κ2) is 7.86. The Morgan fingerprint density at radius 2 is 2.05 bits per heavy atom. The third-order valence-electron chi connectivity index (χ3n) is 2.42. The van der Waals surface area contributed by atoms with Crippen molar-refractivity contribution in [3.63, 3.8) is 0 Å². The smallest absolute Gasteiger partial charge is 0.321 e. The van der Waals surface area contributed by atoms with Gasteiger partial charge in [0.25, 0.3) is 0 Å². The topological polar surface area (TPSA) is 95.5 Å². The number of imide groups is 1. The van der Waals surface area contributed by atoms with Gasteiger partial charge in [-0.25, -0.2) is 4.79 Å². The summed E-state index contributed by atoms with van der Waals surface area (Å²) in [4.78, 5) is 34.1. The van der Waals surface area contributed by atoms with E-state index in [-0.39, 0.29) is 25.3 Å². The van der Waals surface area contributed by atoms with Gasteiger partial charge in [0.05, 0.1) is 10.4 Å². The Balaban J connectivity index is 2.32. The predicted octanol–water partition coefficient (Wildman–Crippen LogP) is 2.54. The van der Waals surface area contributed by atoms with E-state index in [1.165, 1.54) is 11.3 Å². The van der Waals surface area contributed by atoms with E-state index in [1.807, 2.05) is 0 Å². The highest BCUT2D eigenvalue weighted by molar-refractivity contribution is 7.16. The average molecular weight is 319 g/mol. The number of rotatable bonds is 6. The standard InChI is InChI=1S/C12H15ClN2O4S/c1-7(8-5-6-9(13)20-8)14-12(19)15-10(16)3-2-4-11(17)18/h5-7H,2-4H2,1H3,(H,17,18)(H2,14,15,16,19). The van der Waals surface area contributed by atoms with E-state index in [9.17, 15) is 14.4 Å². The Kier molecular flexibility index (Phi) is 6.47. The van der Waals surface area contributed by atoms with E-state index in [1.54, 1.807) is 19.1 Å². The van der Waals surface area contributed by atoms with Gasteiger partial charge in [0, 0.05) is 17.7 Å². The number of carbonyl (C=O) groups is 3.